The molecule has 0 saturated carbocycles. The Kier molecular flexibility index (Phi) is 7.34. The molecule has 3 aromatic rings. The molecule has 0 aliphatic carbocycles. The Bertz CT molecular complexity index is 1420. The molecule has 1 heterocycles. The summed E-state index contributed by atoms with van der Waals surface area (Å²) >= 11 is 4.14. The van der Waals surface area contributed by atoms with Crippen LogP contribution in [0.15, 0.2) is 81.0 Å². The lowest BCUT2D eigenvalue weighted by Crippen LogP contribution is -2.27. The Labute approximate surface area is 216 Å². The van der Waals surface area contributed by atoms with E-state index in [0.29, 0.717) is 0 Å². The summed E-state index contributed by atoms with van der Waals surface area (Å²) < 4.78 is 37.5. The van der Waals surface area contributed by atoms with Crippen molar-refractivity contribution >= 4 is 55.0 Å². The van der Waals surface area contributed by atoms with Crippen molar-refractivity contribution in [1.29, 1.82) is 0 Å². The average molecular weight is 574 g/mol. The van der Waals surface area contributed by atoms with Crippen molar-refractivity contribution in [2.24, 2.45) is 0 Å². The zero-order chi connectivity index (χ0) is 25.2. The highest BCUT2D eigenvalue weighted by Crippen LogP contribution is 2.39. The Morgan fingerprint density at radius 1 is 1.00 bits per heavy atom. The van der Waals surface area contributed by atoms with Gasteiger partial charge in [0.2, 0.25) is 0 Å². The minimum atomic E-state index is -4.18. The summed E-state index contributed by atoms with van der Waals surface area (Å²) in [4.78, 5) is 26.9. The van der Waals surface area contributed by atoms with Crippen molar-refractivity contribution in [3.63, 3.8) is 0 Å². The van der Waals surface area contributed by atoms with Crippen molar-refractivity contribution in [3.05, 3.63) is 92.8 Å². The molecule has 0 aromatic heterocycles. The number of hydrogen-bond donors (Lipinski definition) is 0. The fourth-order valence-corrected chi connectivity index (χ4v) is 5.37. The van der Waals surface area contributed by atoms with Gasteiger partial charge in [-0.3, -0.25) is 14.5 Å². The lowest BCUT2D eigenvalue weighted by atomic mass is 10.1. The minimum Gasteiger partial charge on any atom is -0.493 e. The van der Waals surface area contributed by atoms with Crippen LogP contribution in [0.5, 0.6) is 11.5 Å². The molecule has 0 spiro atoms. The number of carbonyl (C=O) groups excluding carboxylic acids is 2. The van der Waals surface area contributed by atoms with E-state index in [-0.39, 0.29) is 33.4 Å². The van der Waals surface area contributed by atoms with Crippen molar-refractivity contribution in [1.82, 2.24) is 4.90 Å². The second-order valence-corrected chi connectivity index (χ2v) is 11.1. The molecule has 4 rings (SSSR count). The third-order valence-electron chi connectivity index (χ3n) is 5.15. The molecule has 35 heavy (non-hydrogen) atoms. The molecule has 1 fully saturated rings. The molecule has 10 heteroatoms. The van der Waals surface area contributed by atoms with E-state index < -0.39 is 21.3 Å². The van der Waals surface area contributed by atoms with Gasteiger partial charge in [0.15, 0.2) is 11.5 Å². The summed E-state index contributed by atoms with van der Waals surface area (Å²) in [7, 11) is -2.79. The number of amides is 2. The van der Waals surface area contributed by atoms with Crippen molar-refractivity contribution in [2.75, 3.05) is 7.11 Å². The van der Waals surface area contributed by atoms with Crippen LogP contribution in [0.2, 0.25) is 0 Å². The van der Waals surface area contributed by atoms with Gasteiger partial charge in [-0.15, -0.1) is 0 Å². The van der Waals surface area contributed by atoms with Crippen molar-refractivity contribution < 1.29 is 26.9 Å². The first-order valence-electron chi connectivity index (χ1n) is 10.4. The van der Waals surface area contributed by atoms with Gasteiger partial charge < -0.3 is 8.92 Å². The van der Waals surface area contributed by atoms with Gasteiger partial charge in [0.25, 0.3) is 11.1 Å². The molecule has 0 atom stereocenters. The fraction of sp³-hybridized carbons (Fsp3) is 0.120. The largest absolute Gasteiger partial charge is 0.493 e. The molecule has 0 unspecified atom stereocenters. The number of methoxy groups -OCH3 is 1. The van der Waals surface area contributed by atoms with Crippen LogP contribution in [0.4, 0.5) is 4.79 Å². The quantitative estimate of drug-likeness (QED) is 0.262. The molecule has 0 radical (unpaired) electrons. The number of benzene rings is 3. The molecule has 3 aromatic carbocycles. The SMILES string of the molecule is COc1cccc(/C=C2\SC(=O)N(Cc3ccc(Br)cc3)C2=O)c1OS(=O)(=O)c1ccc(C)cc1. The predicted molar refractivity (Wildman–Crippen MR) is 138 cm³/mol. The maximum atomic E-state index is 13.0. The third kappa shape index (κ3) is 5.61. The maximum Gasteiger partial charge on any atom is 0.339 e. The van der Waals surface area contributed by atoms with Crippen LogP contribution in [0.25, 0.3) is 6.08 Å². The molecule has 7 nitrogen and oxygen atoms in total. The smallest absolute Gasteiger partial charge is 0.339 e. The Hall–Kier alpha value is -3.08. The number of ether oxygens (including phenoxy) is 1. The fourth-order valence-electron chi connectivity index (χ4n) is 3.31. The van der Waals surface area contributed by atoms with Crippen molar-refractivity contribution in [3.8, 4) is 11.5 Å². The Balaban J connectivity index is 1.65. The third-order valence-corrected chi connectivity index (χ3v) is 7.82. The van der Waals surface area contributed by atoms with E-state index in [1.54, 1.807) is 30.3 Å². The van der Waals surface area contributed by atoms with Crippen molar-refractivity contribution in [2.45, 2.75) is 18.4 Å². The number of para-hydroxylation sites is 1. The normalized spacial score (nSPS) is 15.1. The molecule has 2 amide bonds. The van der Waals surface area contributed by atoms with E-state index in [0.717, 1.165) is 32.3 Å². The number of thioether (sulfide) groups is 1. The molecule has 1 saturated heterocycles. The van der Waals surface area contributed by atoms with E-state index in [9.17, 15) is 18.0 Å². The van der Waals surface area contributed by atoms with E-state index in [4.69, 9.17) is 8.92 Å². The summed E-state index contributed by atoms with van der Waals surface area (Å²) in [6.45, 7) is 1.97. The molecule has 1 aliphatic rings. The number of aryl methyl sites for hydroxylation is 1. The van der Waals surface area contributed by atoms with Crippen LogP contribution in [0.3, 0.4) is 0 Å². The molecule has 0 bridgehead atoms. The van der Waals surface area contributed by atoms with Gasteiger partial charge in [-0.1, -0.05) is 57.9 Å². The van der Waals surface area contributed by atoms with Crippen LogP contribution < -0.4 is 8.92 Å². The number of imide groups is 1. The summed E-state index contributed by atoms with van der Waals surface area (Å²) in [6, 6.07) is 18.3. The number of hydrogen-bond acceptors (Lipinski definition) is 7. The van der Waals surface area contributed by atoms with Gasteiger partial charge in [-0.05, 0) is 60.7 Å². The second kappa shape index (κ2) is 10.3. The van der Waals surface area contributed by atoms with E-state index in [2.05, 4.69) is 15.9 Å². The number of nitrogens with zero attached hydrogens (tertiary/aromatic N) is 1. The number of halogens is 1. The Morgan fingerprint density at radius 2 is 1.69 bits per heavy atom. The lowest BCUT2D eigenvalue weighted by molar-refractivity contribution is -0.123. The molecule has 180 valence electrons. The van der Waals surface area contributed by atoms with Gasteiger partial charge in [0.05, 0.1) is 18.6 Å². The van der Waals surface area contributed by atoms with Crippen LogP contribution in [-0.2, 0) is 21.5 Å². The summed E-state index contributed by atoms with van der Waals surface area (Å²) in [5.41, 5.74) is 1.99. The van der Waals surface area contributed by atoms with E-state index in [1.807, 2.05) is 31.2 Å². The maximum absolute atomic E-state index is 13.0. The average Bonchev–Trinajstić information content (AvgIpc) is 3.09. The topological polar surface area (TPSA) is 90.0 Å². The minimum absolute atomic E-state index is 0.0187. The number of rotatable bonds is 7. The zero-order valence-electron chi connectivity index (χ0n) is 18.7. The molecule has 0 N–H and O–H groups in total. The standard InChI is InChI=1S/C25H20BrNO6S2/c1-16-6-12-20(13-7-16)35(30,31)33-23-18(4-3-5-21(23)32-2)14-22-24(28)27(25(29)34-22)15-17-8-10-19(26)11-9-17/h3-14H,15H2,1-2H3/b22-14-. The second-order valence-electron chi connectivity index (χ2n) is 7.62. The van der Waals surface area contributed by atoms with Gasteiger partial charge in [0, 0.05) is 10.0 Å². The van der Waals surface area contributed by atoms with Crippen LogP contribution in [0.1, 0.15) is 16.7 Å². The number of carbonyl (C=O) groups is 2. The monoisotopic (exact) mass is 573 g/mol. The summed E-state index contributed by atoms with van der Waals surface area (Å²) in [5, 5.41) is -0.415. The first-order chi connectivity index (χ1) is 16.7. The zero-order valence-corrected chi connectivity index (χ0v) is 21.9. The molecule has 1 aliphatic heterocycles. The predicted octanol–water partition coefficient (Wildman–Crippen LogP) is 5.77. The highest BCUT2D eigenvalue weighted by Gasteiger charge is 2.35. The first kappa shape index (κ1) is 25.0. The van der Waals surface area contributed by atoms with Gasteiger partial charge in [0.1, 0.15) is 4.90 Å². The van der Waals surface area contributed by atoms with Gasteiger partial charge in [-0.25, -0.2) is 0 Å². The van der Waals surface area contributed by atoms with Gasteiger partial charge in [-0.2, -0.15) is 8.42 Å². The van der Waals surface area contributed by atoms with E-state index >= 15 is 0 Å². The Morgan fingerprint density at radius 3 is 2.34 bits per heavy atom. The lowest BCUT2D eigenvalue weighted by Gasteiger charge is -2.14. The van der Waals surface area contributed by atoms with Crippen LogP contribution in [-0.4, -0.2) is 31.6 Å². The molecular formula is C25H20BrNO6S2. The van der Waals surface area contributed by atoms with E-state index in [1.165, 1.54) is 25.3 Å². The van der Waals surface area contributed by atoms with Crippen LogP contribution >= 0.6 is 27.7 Å². The summed E-state index contributed by atoms with van der Waals surface area (Å²) in [6.07, 6.45) is 1.44. The van der Waals surface area contributed by atoms with Gasteiger partial charge >= 0.3 is 10.1 Å². The summed E-state index contributed by atoms with van der Waals surface area (Å²) in [5.74, 6) is -0.378. The highest BCUT2D eigenvalue weighted by atomic mass is 79.9. The molecular weight excluding hydrogens is 554 g/mol. The highest BCUT2D eigenvalue weighted by molar-refractivity contribution is 9.10. The first-order valence-corrected chi connectivity index (χ1v) is 13.4. The van der Waals surface area contributed by atoms with Crippen LogP contribution in [0, 0.1) is 6.92 Å².